The minimum absolute atomic E-state index is 1.22. The topological polar surface area (TPSA) is 0 Å². The summed E-state index contributed by atoms with van der Waals surface area (Å²) in [7, 11) is 2.51. The first kappa shape index (κ1) is 16.8. The molecule has 3 aliphatic rings. The predicted molar refractivity (Wildman–Crippen MR) is 99.8 cm³/mol. The molecule has 0 unspecified atom stereocenters. The Morgan fingerprint density at radius 2 is 0.810 bits per heavy atom. The van der Waals surface area contributed by atoms with Gasteiger partial charge in [0.15, 0.2) is 0 Å². The van der Waals surface area contributed by atoms with E-state index in [-0.39, 0.29) is 0 Å². The Bertz CT molecular complexity index is 253. The first-order chi connectivity index (χ1) is 10.4. The van der Waals surface area contributed by atoms with E-state index in [1.807, 2.05) is 0 Å². The van der Waals surface area contributed by atoms with Crippen molar-refractivity contribution in [3.05, 3.63) is 0 Å². The maximum absolute atomic E-state index is 2.56. The van der Waals surface area contributed by atoms with Crippen LogP contribution in [0.3, 0.4) is 0 Å². The molecule has 0 nitrogen and oxygen atoms in total. The van der Waals surface area contributed by atoms with Crippen LogP contribution < -0.4 is 0 Å². The van der Waals surface area contributed by atoms with Crippen LogP contribution >= 0.6 is 10.0 Å². The summed E-state index contributed by atoms with van der Waals surface area (Å²) >= 11 is -1.58. The zero-order valence-corrected chi connectivity index (χ0v) is 16.9. The zero-order valence-electron chi connectivity index (χ0n) is 14.2. The van der Waals surface area contributed by atoms with Crippen molar-refractivity contribution in [3.8, 4) is 0 Å². The second-order valence-corrected chi connectivity index (χ2v) is 21.6. The van der Waals surface area contributed by atoms with Gasteiger partial charge >= 0.3 is 139 Å². The Morgan fingerprint density at radius 1 is 0.524 bits per heavy atom. The van der Waals surface area contributed by atoms with Crippen LogP contribution in [-0.2, 0) is 0 Å². The predicted octanol–water partition coefficient (Wildman–Crippen LogP) is 7.30. The molecule has 0 radical (unpaired) electrons. The van der Waals surface area contributed by atoms with Crippen molar-refractivity contribution in [1.29, 1.82) is 0 Å². The van der Waals surface area contributed by atoms with Crippen molar-refractivity contribution in [3.63, 3.8) is 0 Å². The summed E-state index contributed by atoms with van der Waals surface area (Å²) in [5, 5.41) is 0. The van der Waals surface area contributed by atoms with Crippen molar-refractivity contribution in [1.82, 2.24) is 0 Å². The molecule has 0 aliphatic heterocycles. The third-order valence-electron chi connectivity index (χ3n) is 6.75. The SMILES string of the molecule is CS[As+](C1CCCCC1)(C1CCCCC1)C1CCCCC1. The van der Waals surface area contributed by atoms with Crippen LogP contribution in [0.1, 0.15) is 96.3 Å². The summed E-state index contributed by atoms with van der Waals surface area (Å²) in [5.74, 6) is 0. The zero-order chi connectivity index (χ0) is 14.5. The van der Waals surface area contributed by atoms with E-state index in [2.05, 4.69) is 16.3 Å². The normalized spacial score (nSPS) is 27.9. The van der Waals surface area contributed by atoms with Crippen LogP contribution in [-0.4, -0.2) is 18.7 Å². The van der Waals surface area contributed by atoms with E-state index < -0.39 is 12.4 Å². The Labute approximate surface area is 139 Å². The Morgan fingerprint density at radius 3 is 1.05 bits per heavy atom. The van der Waals surface area contributed by atoms with E-state index >= 15 is 0 Å². The Balaban J connectivity index is 1.85. The van der Waals surface area contributed by atoms with Crippen LogP contribution in [0.15, 0.2) is 0 Å². The van der Waals surface area contributed by atoms with Gasteiger partial charge in [-0.25, -0.2) is 0 Å². The third-order valence-corrected chi connectivity index (χ3v) is 26.4. The van der Waals surface area contributed by atoms with Gasteiger partial charge in [-0.3, -0.25) is 0 Å². The molecule has 0 heterocycles. The van der Waals surface area contributed by atoms with Crippen molar-refractivity contribution in [2.75, 3.05) is 6.26 Å². The molecule has 3 fully saturated rings. The second kappa shape index (κ2) is 8.14. The van der Waals surface area contributed by atoms with Gasteiger partial charge in [0, 0.05) is 0 Å². The van der Waals surface area contributed by atoms with Crippen molar-refractivity contribution in [2.24, 2.45) is 0 Å². The minimum atomic E-state index is -1.58. The molecule has 0 bridgehead atoms. The summed E-state index contributed by atoms with van der Waals surface area (Å²) < 4.78 is 3.66. The summed E-state index contributed by atoms with van der Waals surface area (Å²) in [6.07, 6.45) is 26.3. The fourth-order valence-electron chi connectivity index (χ4n) is 5.80. The summed E-state index contributed by atoms with van der Waals surface area (Å²) in [6, 6.07) is 0. The van der Waals surface area contributed by atoms with Gasteiger partial charge in [-0.1, -0.05) is 0 Å². The molecule has 3 aliphatic carbocycles. The third kappa shape index (κ3) is 3.55. The van der Waals surface area contributed by atoms with Gasteiger partial charge in [-0.05, 0) is 0 Å². The van der Waals surface area contributed by atoms with Crippen LogP contribution in [0.25, 0.3) is 0 Å². The van der Waals surface area contributed by atoms with Crippen molar-refractivity contribution in [2.45, 2.75) is 110 Å². The van der Waals surface area contributed by atoms with Gasteiger partial charge in [0.05, 0.1) is 0 Å². The van der Waals surface area contributed by atoms with Crippen molar-refractivity contribution >= 4 is 22.4 Å². The molecule has 122 valence electrons. The standard InChI is InChI=1S/C19H36AsS/c1-21-20(17-11-5-2-6-12-17,18-13-7-3-8-14-18)19-15-9-4-10-16-19/h17-19H,2-16H2,1H3/q+1. The summed E-state index contributed by atoms with van der Waals surface area (Å²) in [4.78, 5) is 0. The fourth-order valence-corrected chi connectivity index (χ4v) is 26.7. The molecule has 3 rings (SSSR count). The van der Waals surface area contributed by atoms with Crippen LogP contribution in [0.2, 0.25) is 14.1 Å². The van der Waals surface area contributed by atoms with Crippen LogP contribution in [0.4, 0.5) is 0 Å². The molecule has 0 spiro atoms. The van der Waals surface area contributed by atoms with E-state index in [1.165, 1.54) is 33.4 Å². The van der Waals surface area contributed by atoms with Gasteiger partial charge in [-0.15, -0.1) is 0 Å². The summed E-state index contributed by atoms with van der Waals surface area (Å²) in [6.45, 7) is 0. The summed E-state index contributed by atoms with van der Waals surface area (Å²) in [5.41, 5.74) is 0. The first-order valence-electron chi connectivity index (χ1n) is 9.81. The number of hydrogen-bond donors (Lipinski definition) is 0. The molecule has 0 aromatic carbocycles. The molecule has 3 saturated carbocycles. The van der Waals surface area contributed by atoms with Crippen molar-refractivity contribution < 1.29 is 0 Å². The second-order valence-electron chi connectivity index (χ2n) is 7.82. The van der Waals surface area contributed by atoms with E-state index in [0.29, 0.717) is 0 Å². The average molecular weight is 371 g/mol. The van der Waals surface area contributed by atoms with E-state index in [0.717, 1.165) is 0 Å². The molecule has 0 atom stereocenters. The molecule has 0 aromatic rings. The van der Waals surface area contributed by atoms with Gasteiger partial charge in [0.2, 0.25) is 0 Å². The molecular weight excluding hydrogens is 335 g/mol. The van der Waals surface area contributed by atoms with E-state index in [9.17, 15) is 0 Å². The van der Waals surface area contributed by atoms with Crippen LogP contribution in [0, 0.1) is 0 Å². The van der Waals surface area contributed by atoms with Gasteiger partial charge in [0.1, 0.15) is 0 Å². The molecule has 0 amide bonds. The van der Waals surface area contributed by atoms with E-state index in [4.69, 9.17) is 0 Å². The fraction of sp³-hybridized carbons (Fsp3) is 1.00. The van der Waals surface area contributed by atoms with Gasteiger partial charge < -0.3 is 0 Å². The quantitative estimate of drug-likeness (QED) is 0.467. The number of hydrogen-bond acceptors (Lipinski definition) is 1. The Kier molecular flexibility index (Phi) is 6.49. The Hall–Kier alpha value is 0.908. The first-order valence-corrected chi connectivity index (χ1v) is 16.5. The van der Waals surface area contributed by atoms with E-state index in [1.54, 1.807) is 77.0 Å². The maximum atomic E-state index is 2.56. The molecule has 0 saturated heterocycles. The molecule has 2 heteroatoms. The molecule has 21 heavy (non-hydrogen) atoms. The average Bonchev–Trinajstić information content (AvgIpc) is 2.59. The molecule has 0 N–H and O–H groups in total. The molecule has 0 aromatic heterocycles. The van der Waals surface area contributed by atoms with Crippen LogP contribution in [0.5, 0.6) is 0 Å². The monoisotopic (exact) mass is 371 g/mol. The van der Waals surface area contributed by atoms with Gasteiger partial charge in [0.25, 0.3) is 0 Å². The number of rotatable bonds is 4. The molecular formula is C19H36AsS+. The van der Waals surface area contributed by atoms with Gasteiger partial charge in [-0.2, -0.15) is 0 Å².